The minimum absolute atomic E-state index is 0.335. The standard InChI is InChI=1S/C11H7ClO2/c12-9-3-1-2-8(6-9)7-10-4-5-11(13)14-10/h1-7H. The molecule has 0 fully saturated rings. The summed E-state index contributed by atoms with van der Waals surface area (Å²) >= 11 is 5.80. The van der Waals surface area contributed by atoms with Crippen LogP contribution in [-0.2, 0) is 9.53 Å². The number of carbonyl (C=O) groups excluding carboxylic acids is 1. The molecule has 1 aliphatic rings. The number of cyclic esters (lactones) is 1. The van der Waals surface area contributed by atoms with E-state index in [2.05, 4.69) is 0 Å². The summed E-state index contributed by atoms with van der Waals surface area (Å²) in [4.78, 5) is 10.7. The van der Waals surface area contributed by atoms with Crippen LogP contribution in [0.4, 0.5) is 0 Å². The summed E-state index contributed by atoms with van der Waals surface area (Å²) in [6.07, 6.45) is 4.77. The highest BCUT2D eigenvalue weighted by molar-refractivity contribution is 6.30. The van der Waals surface area contributed by atoms with Crippen molar-refractivity contribution >= 4 is 23.6 Å². The zero-order valence-electron chi connectivity index (χ0n) is 7.24. The van der Waals surface area contributed by atoms with Gasteiger partial charge in [-0.2, -0.15) is 0 Å². The molecule has 0 aromatic heterocycles. The molecule has 70 valence electrons. The van der Waals surface area contributed by atoms with E-state index in [0.717, 1.165) is 5.56 Å². The second-order valence-electron chi connectivity index (χ2n) is 2.86. The average Bonchev–Trinajstić information content (AvgIpc) is 2.51. The smallest absolute Gasteiger partial charge is 0.336 e. The molecular formula is C11H7ClO2. The van der Waals surface area contributed by atoms with Crippen molar-refractivity contribution in [1.82, 2.24) is 0 Å². The van der Waals surface area contributed by atoms with E-state index >= 15 is 0 Å². The van der Waals surface area contributed by atoms with E-state index < -0.39 is 0 Å². The summed E-state index contributed by atoms with van der Waals surface area (Å²) < 4.78 is 4.87. The third-order valence-corrected chi connectivity index (χ3v) is 1.99. The number of carbonyl (C=O) groups is 1. The molecule has 0 saturated heterocycles. The first-order valence-electron chi connectivity index (χ1n) is 4.11. The zero-order valence-corrected chi connectivity index (χ0v) is 7.99. The van der Waals surface area contributed by atoms with Gasteiger partial charge in [0.25, 0.3) is 0 Å². The Bertz CT molecular complexity index is 433. The first-order chi connectivity index (χ1) is 6.74. The number of benzene rings is 1. The lowest BCUT2D eigenvalue weighted by Crippen LogP contribution is -1.89. The van der Waals surface area contributed by atoms with Crippen LogP contribution in [0.25, 0.3) is 6.08 Å². The number of ether oxygens (including phenoxy) is 1. The summed E-state index contributed by atoms with van der Waals surface area (Å²) in [7, 11) is 0. The van der Waals surface area contributed by atoms with Crippen LogP contribution in [-0.4, -0.2) is 5.97 Å². The van der Waals surface area contributed by atoms with Crippen molar-refractivity contribution in [1.29, 1.82) is 0 Å². The van der Waals surface area contributed by atoms with Gasteiger partial charge in [0.15, 0.2) is 0 Å². The van der Waals surface area contributed by atoms with Crippen LogP contribution in [0, 0.1) is 0 Å². The van der Waals surface area contributed by atoms with E-state index in [-0.39, 0.29) is 5.97 Å². The van der Waals surface area contributed by atoms with Crippen molar-refractivity contribution < 1.29 is 9.53 Å². The molecule has 0 saturated carbocycles. The molecule has 0 atom stereocenters. The first-order valence-corrected chi connectivity index (χ1v) is 4.49. The van der Waals surface area contributed by atoms with Gasteiger partial charge in [0.2, 0.25) is 0 Å². The van der Waals surface area contributed by atoms with Crippen molar-refractivity contribution in [3.05, 3.63) is 52.8 Å². The molecule has 2 nitrogen and oxygen atoms in total. The van der Waals surface area contributed by atoms with Crippen molar-refractivity contribution in [2.24, 2.45) is 0 Å². The Morgan fingerprint density at radius 2 is 2.14 bits per heavy atom. The number of allylic oxidation sites excluding steroid dienone is 1. The maximum absolute atomic E-state index is 10.7. The second kappa shape index (κ2) is 3.68. The lowest BCUT2D eigenvalue weighted by Gasteiger charge is -1.97. The molecule has 14 heavy (non-hydrogen) atoms. The van der Waals surface area contributed by atoms with Crippen LogP contribution >= 0.6 is 11.6 Å². The van der Waals surface area contributed by atoms with Gasteiger partial charge in [-0.15, -0.1) is 0 Å². The van der Waals surface area contributed by atoms with Crippen LogP contribution in [0.2, 0.25) is 5.02 Å². The van der Waals surface area contributed by atoms with Crippen LogP contribution in [0.5, 0.6) is 0 Å². The zero-order chi connectivity index (χ0) is 9.97. The number of halogens is 1. The number of esters is 1. The van der Waals surface area contributed by atoms with Gasteiger partial charge in [-0.25, -0.2) is 4.79 Å². The Labute approximate surface area is 86.4 Å². The highest BCUT2D eigenvalue weighted by atomic mass is 35.5. The summed E-state index contributed by atoms with van der Waals surface area (Å²) in [6.45, 7) is 0. The van der Waals surface area contributed by atoms with E-state index in [4.69, 9.17) is 16.3 Å². The highest BCUT2D eigenvalue weighted by Gasteiger charge is 2.08. The summed E-state index contributed by atoms with van der Waals surface area (Å²) in [5.41, 5.74) is 0.909. The Morgan fingerprint density at radius 3 is 2.79 bits per heavy atom. The maximum Gasteiger partial charge on any atom is 0.336 e. The van der Waals surface area contributed by atoms with Crippen molar-refractivity contribution in [2.75, 3.05) is 0 Å². The second-order valence-corrected chi connectivity index (χ2v) is 3.29. The van der Waals surface area contributed by atoms with Gasteiger partial charge in [0.05, 0.1) is 0 Å². The summed E-state index contributed by atoms with van der Waals surface area (Å²) in [6, 6.07) is 7.32. The molecule has 1 aromatic carbocycles. The van der Waals surface area contributed by atoms with E-state index in [9.17, 15) is 4.79 Å². The minimum Gasteiger partial charge on any atom is -0.423 e. The van der Waals surface area contributed by atoms with Gasteiger partial charge in [-0.3, -0.25) is 0 Å². The molecule has 0 radical (unpaired) electrons. The molecule has 0 amide bonds. The molecule has 0 N–H and O–H groups in total. The number of hydrogen-bond acceptors (Lipinski definition) is 2. The normalized spacial score (nSPS) is 17.5. The Hall–Kier alpha value is -1.54. The fourth-order valence-corrected chi connectivity index (χ4v) is 1.37. The van der Waals surface area contributed by atoms with Gasteiger partial charge < -0.3 is 4.74 Å². The molecule has 0 unspecified atom stereocenters. The van der Waals surface area contributed by atoms with Crippen LogP contribution in [0.1, 0.15) is 5.56 Å². The Kier molecular flexibility index (Phi) is 2.37. The molecular weight excluding hydrogens is 200 g/mol. The van der Waals surface area contributed by atoms with Crippen molar-refractivity contribution in [2.45, 2.75) is 0 Å². The fourth-order valence-electron chi connectivity index (χ4n) is 1.17. The van der Waals surface area contributed by atoms with Crippen LogP contribution < -0.4 is 0 Å². The molecule has 0 aliphatic carbocycles. The predicted molar refractivity (Wildman–Crippen MR) is 54.7 cm³/mol. The molecule has 1 heterocycles. The van der Waals surface area contributed by atoms with Crippen molar-refractivity contribution in [3.8, 4) is 0 Å². The number of hydrogen-bond donors (Lipinski definition) is 0. The van der Waals surface area contributed by atoms with Crippen molar-refractivity contribution in [3.63, 3.8) is 0 Å². The highest BCUT2D eigenvalue weighted by Crippen LogP contribution is 2.17. The van der Waals surface area contributed by atoms with E-state index in [1.807, 2.05) is 12.1 Å². The molecule has 0 bridgehead atoms. The van der Waals surface area contributed by atoms with E-state index in [0.29, 0.717) is 10.8 Å². The third-order valence-electron chi connectivity index (χ3n) is 1.76. The lowest BCUT2D eigenvalue weighted by atomic mass is 10.2. The van der Waals surface area contributed by atoms with Gasteiger partial charge in [-0.1, -0.05) is 23.7 Å². The number of rotatable bonds is 1. The van der Waals surface area contributed by atoms with Gasteiger partial charge in [-0.05, 0) is 29.8 Å². The topological polar surface area (TPSA) is 26.3 Å². The summed E-state index contributed by atoms with van der Waals surface area (Å²) in [5, 5.41) is 0.660. The van der Waals surface area contributed by atoms with Crippen LogP contribution in [0.3, 0.4) is 0 Å². The van der Waals surface area contributed by atoms with Gasteiger partial charge in [0, 0.05) is 11.1 Å². The van der Waals surface area contributed by atoms with Gasteiger partial charge >= 0.3 is 5.97 Å². The molecule has 2 rings (SSSR count). The molecule has 1 aliphatic heterocycles. The Morgan fingerprint density at radius 1 is 1.29 bits per heavy atom. The largest absolute Gasteiger partial charge is 0.423 e. The Balaban J connectivity index is 2.26. The van der Waals surface area contributed by atoms with E-state index in [1.54, 1.807) is 24.3 Å². The molecule has 0 spiro atoms. The van der Waals surface area contributed by atoms with Gasteiger partial charge in [0.1, 0.15) is 5.76 Å². The molecule has 3 heteroatoms. The minimum atomic E-state index is -0.335. The van der Waals surface area contributed by atoms with E-state index in [1.165, 1.54) is 6.08 Å². The third kappa shape index (κ3) is 2.03. The maximum atomic E-state index is 10.7. The monoisotopic (exact) mass is 206 g/mol. The fraction of sp³-hybridized carbons (Fsp3) is 0. The van der Waals surface area contributed by atoms with Crippen LogP contribution in [0.15, 0.2) is 42.2 Å². The average molecular weight is 207 g/mol. The molecule has 1 aromatic rings. The first kappa shape index (κ1) is 9.03. The predicted octanol–water partition coefficient (Wildman–Crippen LogP) is 2.79. The lowest BCUT2D eigenvalue weighted by molar-refractivity contribution is -0.132. The quantitative estimate of drug-likeness (QED) is 0.661. The summed E-state index contributed by atoms with van der Waals surface area (Å²) in [5.74, 6) is 0.204. The SMILES string of the molecule is O=C1C=CC(=Cc2cccc(Cl)c2)O1.